The van der Waals surface area contributed by atoms with E-state index in [1.165, 1.54) is 0 Å². The van der Waals surface area contributed by atoms with Crippen LogP contribution in [-0.4, -0.2) is 16.8 Å². The molecule has 0 aliphatic heterocycles. The summed E-state index contributed by atoms with van der Waals surface area (Å²) in [6, 6.07) is 10.6. The number of benzene rings is 1. The minimum Gasteiger partial charge on any atom is -0.384 e. The number of rotatable bonds is 5. The molecule has 0 bridgehead atoms. The third kappa shape index (κ3) is 3.60. The van der Waals surface area contributed by atoms with Gasteiger partial charge < -0.3 is 16.8 Å². The fourth-order valence-corrected chi connectivity index (χ4v) is 2.17. The number of aryl methyl sites for hydroxylation is 1. The number of nitrogens with one attached hydrogen (secondary N) is 1. The van der Waals surface area contributed by atoms with Crippen LogP contribution in [0.4, 0.5) is 5.82 Å². The number of primary amides is 1. The van der Waals surface area contributed by atoms with E-state index in [9.17, 15) is 9.59 Å². The Balaban J connectivity index is 2.12. The molecule has 0 radical (unpaired) electrons. The van der Waals surface area contributed by atoms with E-state index >= 15 is 0 Å². The number of nitrogens with two attached hydrogens (primary N) is 2. The topological polar surface area (TPSA) is 111 Å². The van der Waals surface area contributed by atoms with Gasteiger partial charge in [-0.15, -0.1) is 0 Å². The van der Waals surface area contributed by atoms with Crippen molar-refractivity contribution in [2.24, 2.45) is 5.73 Å². The highest BCUT2D eigenvalue weighted by atomic mass is 16.2. The van der Waals surface area contributed by atoms with Gasteiger partial charge in [-0.1, -0.05) is 30.3 Å². The number of aromatic nitrogens is 1. The lowest BCUT2D eigenvalue weighted by molar-refractivity contribution is -0.130. The molecule has 2 amide bonds. The first-order valence-electron chi connectivity index (χ1n) is 6.82. The van der Waals surface area contributed by atoms with Crippen molar-refractivity contribution >= 4 is 17.6 Å². The Hall–Kier alpha value is -2.89. The summed E-state index contributed by atoms with van der Waals surface area (Å²) in [6.07, 6.45) is 1.57. The molecule has 6 nitrogen and oxygen atoms in total. The first-order chi connectivity index (χ1) is 10.5. The highest BCUT2D eigenvalue weighted by Gasteiger charge is 2.27. The van der Waals surface area contributed by atoms with Gasteiger partial charge in [-0.2, -0.15) is 0 Å². The summed E-state index contributed by atoms with van der Waals surface area (Å²) >= 11 is 0. The number of hydrogen-bond donors (Lipinski definition) is 3. The summed E-state index contributed by atoms with van der Waals surface area (Å²) in [5.74, 6) is -1.71. The van der Waals surface area contributed by atoms with E-state index in [2.05, 4.69) is 10.3 Å². The van der Waals surface area contributed by atoms with Crippen LogP contribution in [0.5, 0.6) is 0 Å². The molecule has 5 N–H and O–H groups in total. The lowest BCUT2D eigenvalue weighted by Crippen LogP contribution is -2.37. The van der Waals surface area contributed by atoms with Crippen molar-refractivity contribution in [2.45, 2.75) is 19.4 Å². The molecule has 22 heavy (non-hydrogen) atoms. The van der Waals surface area contributed by atoms with Crippen LogP contribution in [-0.2, 0) is 16.1 Å². The zero-order valence-corrected chi connectivity index (χ0v) is 12.2. The maximum atomic E-state index is 12.3. The van der Waals surface area contributed by atoms with Gasteiger partial charge in [0.25, 0.3) is 0 Å². The molecule has 1 atom stereocenters. The Morgan fingerprint density at radius 1 is 1.23 bits per heavy atom. The summed E-state index contributed by atoms with van der Waals surface area (Å²) in [4.78, 5) is 27.9. The van der Waals surface area contributed by atoms with E-state index in [4.69, 9.17) is 11.5 Å². The number of carbonyl (C=O) groups excluding carboxylic acids is 2. The van der Waals surface area contributed by atoms with Crippen molar-refractivity contribution in [3.63, 3.8) is 0 Å². The fourth-order valence-electron chi connectivity index (χ4n) is 2.17. The van der Waals surface area contributed by atoms with Crippen LogP contribution in [0.25, 0.3) is 0 Å². The van der Waals surface area contributed by atoms with Crippen LogP contribution in [0, 0.1) is 6.92 Å². The van der Waals surface area contributed by atoms with Crippen LogP contribution in [0.2, 0.25) is 0 Å². The molecule has 0 fully saturated rings. The lowest BCUT2D eigenvalue weighted by Gasteiger charge is -2.16. The standard InChI is InChI=1S/C16H18N4O2/c1-10-4-2-3-5-12(10)14(15(18)21)16(22)20-9-11-6-7-13(17)19-8-11/h2-8,14H,9H2,1H3,(H2,17,19)(H2,18,21)(H,20,22)/t14-/m0/s1. The van der Waals surface area contributed by atoms with Gasteiger partial charge in [0, 0.05) is 12.7 Å². The summed E-state index contributed by atoms with van der Waals surface area (Å²) in [5.41, 5.74) is 13.1. The number of anilines is 1. The summed E-state index contributed by atoms with van der Waals surface area (Å²) in [6.45, 7) is 2.09. The summed E-state index contributed by atoms with van der Waals surface area (Å²) in [5, 5.41) is 2.70. The number of nitrogen functional groups attached to an aromatic ring is 1. The van der Waals surface area contributed by atoms with Gasteiger partial charge >= 0.3 is 0 Å². The van der Waals surface area contributed by atoms with Crippen LogP contribution in [0.1, 0.15) is 22.6 Å². The first-order valence-corrected chi connectivity index (χ1v) is 6.82. The fraction of sp³-hybridized carbons (Fsp3) is 0.188. The van der Waals surface area contributed by atoms with E-state index < -0.39 is 17.7 Å². The molecule has 6 heteroatoms. The van der Waals surface area contributed by atoms with Gasteiger partial charge in [-0.05, 0) is 29.7 Å². The van der Waals surface area contributed by atoms with E-state index in [1.54, 1.807) is 30.5 Å². The number of carbonyl (C=O) groups is 2. The van der Waals surface area contributed by atoms with Crippen molar-refractivity contribution in [3.05, 3.63) is 59.3 Å². The molecule has 1 aromatic heterocycles. The maximum Gasteiger partial charge on any atom is 0.237 e. The second-order valence-corrected chi connectivity index (χ2v) is 5.00. The molecular weight excluding hydrogens is 280 g/mol. The van der Waals surface area contributed by atoms with Crippen LogP contribution in [0.3, 0.4) is 0 Å². The Bertz CT molecular complexity index is 683. The molecule has 0 aliphatic carbocycles. The molecule has 1 heterocycles. The predicted molar refractivity (Wildman–Crippen MR) is 83.6 cm³/mol. The summed E-state index contributed by atoms with van der Waals surface area (Å²) in [7, 11) is 0. The molecular formula is C16H18N4O2. The molecule has 114 valence electrons. The second-order valence-electron chi connectivity index (χ2n) is 5.00. The van der Waals surface area contributed by atoms with Crippen LogP contribution < -0.4 is 16.8 Å². The molecule has 0 saturated heterocycles. The van der Waals surface area contributed by atoms with E-state index in [0.717, 1.165) is 11.1 Å². The van der Waals surface area contributed by atoms with Gasteiger partial charge in [0.05, 0.1) is 0 Å². The number of pyridine rings is 1. The van der Waals surface area contributed by atoms with E-state index in [-0.39, 0.29) is 6.54 Å². The van der Waals surface area contributed by atoms with Crippen molar-refractivity contribution in [2.75, 3.05) is 5.73 Å². The minimum absolute atomic E-state index is 0.252. The van der Waals surface area contributed by atoms with Crippen molar-refractivity contribution in [1.82, 2.24) is 10.3 Å². The monoisotopic (exact) mass is 298 g/mol. The van der Waals surface area contributed by atoms with Gasteiger partial charge in [-0.25, -0.2) is 4.98 Å². The average molecular weight is 298 g/mol. The minimum atomic E-state index is -1.01. The van der Waals surface area contributed by atoms with E-state index in [1.807, 2.05) is 19.1 Å². The normalized spacial score (nSPS) is 11.7. The van der Waals surface area contributed by atoms with Gasteiger partial charge in [0.1, 0.15) is 11.7 Å². The van der Waals surface area contributed by atoms with E-state index in [0.29, 0.717) is 11.4 Å². The Kier molecular flexibility index (Phi) is 4.73. The molecule has 0 saturated carbocycles. The SMILES string of the molecule is Cc1ccccc1[C@@H](C(N)=O)C(=O)NCc1ccc(N)nc1. The second kappa shape index (κ2) is 6.71. The largest absolute Gasteiger partial charge is 0.384 e. The van der Waals surface area contributed by atoms with Crippen LogP contribution in [0.15, 0.2) is 42.6 Å². The molecule has 0 aliphatic rings. The third-order valence-electron chi connectivity index (χ3n) is 3.36. The quantitative estimate of drug-likeness (QED) is 0.711. The number of hydrogen-bond acceptors (Lipinski definition) is 4. The van der Waals surface area contributed by atoms with Gasteiger partial charge in [-0.3, -0.25) is 9.59 Å². The summed E-state index contributed by atoms with van der Waals surface area (Å²) < 4.78 is 0. The molecule has 2 aromatic rings. The molecule has 2 rings (SSSR count). The van der Waals surface area contributed by atoms with Crippen molar-refractivity contribution in [1.29, 1.82) is 0 Å². The van der Waals surface area contributed by atoms with Crippen molar-refractivity contribution in [3.8, 4) is 0 Å². The predicted octanol–water partition coefficient (Wildman–Crippen LogP) is 0.858. The van der Waals surface area contributed by atoms with Gasteiger partial charge in [0.15, 0.2) is 0 Å². The Morgan fingerprint density at radius 3 is 2.55 bits per heavy atom. The van der Waals surface area contributed by atoms with Crippen LogP contribution >= 0.6 is 0 Å². The molecule has 1 aromatic carbocycles. The zero-order chi connectivity index (χ0) is 16.1. The number of amides is 2. The Labute approximate surface area is 128 Å². The number of nitrogens with zero attached hydrogens (tertiary/aromatic N) is 1. The highest BCUT2D eigenvalue weighted by molar-refractivity contribution is 6.05. The first kappa shape index (κ1) is 15.5. The van der Waals surface area contributed by atoms with Gasteiger partial charge in [0.2, 0.25) is 11.8 Å². The third-order valence-corrected chi connectivity index (χ3v) is 3.36. The van der Waals surface area contributed by atoms with Crippen molar-refractivity contribution < 1.29 is 9.59 Å². The Morgan fingerprint density at radius 2 is 1.95 bits per heavy atom. The average Bonchev–Trinajstić information content (AvgIpc) is 2.48. The maximum absolute atomic E-state index is 12.3. The lowest BCUT2D eigenvalue weighted by atomic mass is 9.93. The smallest absolute Gasteiger partial charge is 0.237 e. The highest BCUT2D eigenvalue weighted by Crippen LogP contribution is 2.20. The zero-order valence-electron chi connectivity index (χ0n) is 12.2. The molecule has 0 spiro atoms. The molecule has 0 unspecified atom stereocenters.